The normalized spacial score (nSPS) is 14.8. The van der Waals surface area contributed by atoms with Crippen molar-refractivity contribution in [3.05, 3.63) is 152 Å². The zero-order valence-corrected chi connectivity index (χ0v) is 39.5. The van der Waals surface area contributed by atoms with Gasteiger partial charge >= 0.3 is 137 Å². The summed E-state index contributed by atoms with van der Waals surface area (Å²) in [7, 11) is 0. The summed E-state index contributed by atoms with van der Waals surface area (Å²) in [6.45, 7) is 27.2. The van der Waals surface area contributed by atoms with E-state index < -0.39 is 23.5 Å². The summed E-state index contributed by atoms with van der Waals surface area (Å²) in [6.07, 6.45) is 1.06. The molecule has 0 spiro atoms. The number of allylic oxidation sites excluding steroid dienone is 4. The van der Waals surface area contributed by atoms with E-state index in [9.17, 15) is 26.3 Å². The molecule has 2 aliphatic carbocycles. The van der Waals surface area contributed by atoms with Crippen molar-refractivity contribution >= 4 is 3.21 Å². The maximum atomic E-state index is 12.7. The molecule has 2 aliphatic rings. The van der Waals surface area contributed by atoms with Crippen LogP contribution in [0.3, 0.4) is 0 Å². The van der Waals surface area contributed by atoms with Crippen LogP contribution in [0.2, 0.25) is 0 Å². The Kier molecular flexibility index (Phi) is 17.1. The van der Waals surface area contributed by atoms with Crippen molar-refractivity contribution in [2.24, 2.45) is 11.3 Å². The van der Waals surface area contributed by atoms with E-state index in [1.165, 1.54) is 80.8 Å². The van der Waals surface area contributed by atoms with Gasteiger partial charge in [-0.15, -0.1) is 16.7 Å². The number of rotatable bonds is 3. The van der Waals surface area contributed by atoms with E-state index >= 15 is 0 Å². The third-order valence-electron chi connectivity index (χ3n) is 10.2. The zero-order chi connectivity index (χ0) is 42.2. The van der Waals surface area contributed by atoms with Crippen LogP contribution in [0.4, 0.5) is 26.3 Å². The van der Waals surface area contributed by atoms with E-state index in [-0.39, 0.29) is 46.8 Å². The van der Waals surface area contributed by atoms with E-state index in [2.05, 4.69) is 126 Å². The molecule has 0 heterocycles. The van der Waals surface area contributed by atoms with Crippen molar-refractivity contribution in [2.45, 2.75) is 119 Å². The van der Waals surface area contributed by atoms with Crippen LogP contribution in [0, 0.1) is 37.3 Å². The van der Waals surface area contributed by atoms with Gasteiger partial charge in [0, 0.05) is 0 Å². The molecule has 0 saturated carbocycles. The fraction of sp³-hybridized carbons (Fsp3) is 0.408. The largest absolute Gasteiger partial charge is 1.00 e. The molecule has 0 N–H and O–H groups in total. The molecule has 312 valence electrons. The molecular weight excluding hydrogens is 865 g/mol. The van der Waals surface area contributed by atoms with E-state index in [0.29, 0.717) is 14.5 Å². The first kappa shape index (κ1) is 51.4. The second kappa shape index (κ2) is 19.3. The number of hydrogen-bond acceptors (Lipinski definition) is 0. The molecule has 0 aliphatic heterocycles. The monoisotopic (exact) mass is 916 g/mol. The van der Waals surface area contributed by atoms with E-state index in [0.717, 1.165) is 54.9 Å². The molecule has 4 aromatic carbocycles. The van der Waals surface area contributed by atoms with Gasteiger partial charge in [0.1, 0.15) is 0 Å². The standard InChI is InChI=1S/C23H29.C15H8F6.C11H17.2ClH.Zr/c1-14-9-16-11-17-10-15(2)21(23(6,7)8)13-19(17)18(16)12-20(14)22(3,4)5;16-14(17,18)12-5-1-3-10(8-12)7-11-4-2-6-13(9-11)15(19,20)21;1-5-9-6-7-10(8-9)11(2,3)4;;;/h9,12-13H,11H2,1-8H3;1-6,8-9H;7-9H,5H2,1-4H3;2*1H;/q-1;;-1;;;+2/p-2. The van der Waals surface area contributed by atoms with Crippen molar-refractivity contribution in [2.75, 3.05) is 0 Å². The van der Waals surface area contributed by atoms with Gasteiger partial charge in [0.15, 0.2) is 0 Å². The van der Waals surface area contributed by atoms with Gasteiger partial charge in [-0.3, -0.25) is 6.08 Å². The van der Waals surface area contributed by atoms with Crippen LogP contribution in [0.25, 0.3) is 11.1 Å². The molecule has 0 aromatic heterocycles. The Morgan fingerprint density at radius 3 is 1.55 bits per heavy atom. The fourth-order valence-electron chi connectivity index (χ4n) is 7.10. The number of benzene rings is 4. The quantitative estimate of drug-likeness (QED) is 0.126. The fourth-order valence-corrected chi connectivity index (χ4v) is 7.87. The predicted molar refractivity (Wildman–Crippen MR) is 216 cm³/mol. The molecule has 1 atom stereocenters. The summed E-state index contributed by atoms with van der Waals surface area (Å²) in [5.74, 6) is 0.573. The molecule has 0 bridgehead atoms. The Bertz CT molecular complexity index is 2010. The molecule has 1 unspecified atom stereocenters. The van der Waals surface area contributed by atoms with Crippen molar-refractivity contribution < 1.29 is 75.4 Å². The number of alkyl halides is 6. The predicted octanol–water partition coefficient (Wildman–Crippen LogP) is 8.48. The van der Waals surface area contributed by atoms with Crippen LogP contribution < -0.4 is 24.8 Å². The maximum Gasteiger partial charge on any atom is -1.00 e. The summed E-state index contributed by atoms with van der Waals surface area (Å²) >= 11 is 0.729. The van der Waals surface area contributed by atoms with Gasteiger partial charge < -0.3 is 24.8 Å². The van der Waals surface area contributed by atoms with Gasteiger partial charge in [-0.1, -0.05) is 117 Å². The topological polar surface area (TPSA) is 0 Å². The molecule has 0 nitrogen and oxygen atoms in total. The zero-order valence-electron chi connectivity index (χ0n) is 35.5. The number of fused-ring (bicyclic) bond motifs is 3. The summed E-state index contributed by atoms with van der Waals surface area (Å²) in [4.78, 5) is 0. The first-order valence-electron chi connectivity index (χ1n) is 19.1. The summed E-state index contributed by atoms with van der Waals surface area (Å²) < 4.78 is 76.7. The Labute approximate surface area is 370 Å². The third kappa shape index (κ3) is 12.9. The molecule has 0 amide bonds. The van der Waals surface area contributed by atoms with Gasteiger partial charge in [-0.05, 0) is 35.4 Å². The first-order valence-corrected chi connectivity index (χ1v) is 20.3. The van der Waals surface area contributed by atoms with E-state index in [1.807, 2.05) is 0 Å². The maximum absolute atomic E-state index is 12.7. The summed E-state index contributed by atoms with van der Waals surface area (Å²) in [6, 6.07) is 20.1. The second-order valence-corrected chi connectivity index (χ2v) is 19.2. The Balaban J connectivity index is 0.000000312. The van der Waals surface area contributed by atoms with Crippen LogP contribution in [-0.4, -0.2) is 3.21 Å². The molecule has 0 fully saturated rings. The number of hydrogen-bond donors (Lipinski definition) is 0. The van der Waals surface area contributed by atoms with Crippen LogP contribution in [0.1, 0.15) is 131 Å². The van der Waals surface area contributed by atoms with Crippen LogP contribution in [-0.2, 0) is 53.8 Å². The Morgan fingerprint density at radius 2 is 1.16 bits per heavy atom. The summed E-state index contributed by atoms with van der Waals surface area (Å²) in [5.41, 5.74) is 12.2. The molecule has 4 aromatic rings. The molecule has 6 rings (SSSR count). The second-order valence-electron chi connectivity index (χ2n) is 17.9. The van der Waals surface area contributed by atoms with Gasteiger partial charge in [0.25, 0.3) is 0 Å². The van der Waals surface area contributed by atoms with Crippen molar-refractivity contribution in [3.63, 3.8) is 0 Å². The van der Waals surface area contributed by atoms with Crippen molar-refractivity contribution in [3.8, 4) is 11.1 Å². The van der Waals surface area contributed by atoms with Crippen molar-refractivity contribution in [1.82, 2.24) is 0 Å². The summed E-state index contributed by atoms with van der Waals surface area (Å²) in [5, 5.41) is 0. The molecule has 0 radical (unpaired) electrons. The minimum Gasteiger partial charge on any atom is -1.00 e. The van der Waals surface area contributed by atoms with Crippen LogP contribution in [0.5, 0.6) is 0 Å². The van der Waals surface area contributed by atoms with Gasteiger partial charge in [-0.25, -0.2) is 6.08 Å². The number of halogens is 8. The smallest absolute Gasteiger partial charge is 1.00 e. The van der Waals surface area contributed by atoms with Gasteiger partial charge in [-0.2, -0.15) is 29.3 Å². The van der Waals surface area contributed by atoms with Crippen molar-refractivity contribution in [1.29, 1.82) is 0 Å². The minimum atomic E-state index is -4.49. The van der Waals surface area contributed by atoms with Gasteiger partial charge in [0.05, 0.1) is 0 Å². The third-order valence-corrected chi connectivity index (χ3v) is 11.6. The SMILES string of the molecule is CCC1[C-]=CC(C(C)(C)C)=C1.Cc1[c-]c2c(cc1C(C)(C)C)-c1cc(C(C)(C)C)c(C)cc1C2.FC(F)(F)c1cccc([C](=[Zr+2])c2cccc(C(F)(F)F)c2)c1.[Cl-].[Cl-]. The average Bonchev–Trinajstić information content (AvgIpc) is 3.71. The average molecular weight is 919 g/mol. The minimum absolute atomic E-state index is 0. The van der Waals surface area contributed by atoms with Crippen LogP contribution in [0.15, 0.2) is 84.5 Å². The molecule has 9 heteroatoms. The van der Waals surface area contributed by atoms with Crippen LogP contribution >= 0.6 is 0 Å². The van der Waals surface area contributed by atoms with E-state index in [4.69, 9.17) is 0 Å². The molecule has 0 saturated heterocycles. The van der Waals surface area contributed by atoms with E-state index in [1.54, 1.807) is 0 Å². The Morgan fingerprint density at radius 1 is 0.672 bits per heavy atom. The Hall–Kier alpha value is -2.73. The molecule has 58 heavy (non-hydrogen) atoms. The number of aryl methyl sites for hydroxylation is 2. The van der Waals surface area contributed by atoms with Gasteiger partial charge in [0.2, 0.25) is 0 Å². The first-order chi connectivity index (χ1) is 25.6. The molecular formula is C49H54Cl2F6Zr-2.